The van der Waals surface area contributed by atoms with E-state index in [0.29, 0.717) is 19.5 Å². The Balaban J connectivity index is 2.32. The number of nitrogens with zero attached hydrogens (tertiary/aromatic N) is 2. The van der Waals surface area contributed by atoms with Crippen molar-refractivity contribution in [2.24, 2.45) is 0 Å². The summed E-state index contributed by atoms with van der Waals surface area (Å²) in [5.41, 5.74) is 0.841. The van der Waals surface area contributed by atoms with Crippen LogP contribution < -0.4 is 10.6 Å². The largest absolute Gasteiger partial charge is 0.368 e. The molecule has 15 heavy (non-hydrogen) atoms. The first-order chi connectivity index (χ1) is 7.24. The van der Waals surface area contributed by atoms with E-state index in [1.165, 1.54) is 0 Å². The Hall–Kier alpha value is -1.65. The quantitative estimate of drug-likeness (QED) is 0.748. The zero-order valence-corrected chi connectivity index (χ0v) is 9.08. The standard InChI is InChI=1S/C10H16N4O/c1-3-11-9(15)4-5-13-10-8(2)12-6-7-14-10/h6-7H,3-5H2,1-2H3,(H,11,15)(H,13,14). The van der Waals surface area contributed by atoms with Crippen LogP contribution in [0.25, 0.3) is 0 Å². The predicted octanol–water partition coefficient (Wildman–Crippen LogP) is 0.723. The van der Waals surface area contributed by atoms with Gasteiger partial charge in [-0.25, -0.2) is 4.98 Å². The Morgan fingerprint density at radius 2 is 2.13 bits per heavy atom. The molecule has 0 unspecified atom stereocenters. The number of rotatable bonds is 5. The molecule has 1 heterocycles. The maximum Gasteiger partial charge on any atom is 0.221 e. The number of aryl methyl sites for hydroxylation is 1. The minimum atomic E-state index is 0.0477. The molecule has 0 fully saturated rings. The van der Waals surface area contributed by atoms with E-state index in [-0.39, 0.29) is 5.91 Å². The van der Waals surface area contributed by atoms with Crippen LogP contribution in [0.1, 0.15) is 19.0 Å². The Morgan fingerprint density at radius 3 is 2.80 bits per heavy atom. The summed E-state index contributed by atoms with van der Waals surface area (Å²) in [5.74, 6) is 0.786. The van der Waals surface area contributed by atoms with Gasteiger partial charge < -0.3 is 10.6 Å². The number of carbonyl (C=O) groups excluding carboxylic acids is 1. The van der Waals surface area contributed by atoms with Crippen LogP contribution in [-0.4, -0.2) is 29.0 Å². The van der Waals surface area contributed by atoms with E-state index in [1.807, 2.05) is 13.8 Å². The Kier molecular flexibility index (Phi) is 4.53. The highest BCUT2D eigenvalue weighted by atomic mass is 16.1. The van der Waals surface area contributed by atoms with E-state index in [4.69, 9.17) is 0 Å². The first-order valence-corrected chi connectivity index (χ1v) is 5.02. The highest BCUT2D eigenvalue weighted by molar-refractivity contribution is 5.76. The molecule has 0 atom stereocenters. The molecular weight excluding hydrogens is 192 g/mol. The summed E-state index contributed by atoms with van der Waals surface area (Å²) in [6.45, 7) is 5.02. The molecule has 0 saturated heterocycles. The molecule has 1 rings (SSSR count). The van der Waals surface area contributed by atoms with Crippen LogP contribution in [0.2, 0.25) is 0 Å². The monoisotopic (exact) mass is 208 g/mol. The predicted molar refractivity (Wildman–Crippen MR) is 58.6 cm³/mol. The fourth-order valence-corrected chi connectivity index (χ4v) is 1.16. The molecule has 0 aromatic carbocycles. The zero-order chi connectivity index (χ0) is 11.1. The van der Waals surface area contributed by atoms with Crippen molar-refractivity contribution in [2.45, 2.75) is 20.3 Å². The zero-order valence-electron chi connectivity index (χ0n) is 9.08. The third kappa shape index (κ3) is 3.93. The third-order valence-electron chi connectivity index (χ3n) is 1.90. The van der Waals surface area contributed by atoms with E-state index in [1.54, 1.807) is 12.4 Å². The van der Waals surface area contributed by atoms with Crippen molar-refractivity contribution in [3.05, 3.63) is 18.1 Å². The molecule has 0 bridgehead atoms. The number of hydrogen-bond acceptors (Lipinski definition) is 4. The van der Waals surface area contributed by atoms with Crippen LogP contribution in [0, 0.1) is 6.92 Å². The van der Waals surface area contributed by atoms with Gasteiger partial charge in [-0.2, -0.15) is 0 Å². The number of amides is 1. The van der Waals surface area contributed by atoms with Gasteiger partial charge in [0.2, 0.25) is 5.91 Å². The summed E-state index contributed by atoms with van der Waals surface area (Å²) in [6, 6.07) is 0. The van der Waals surface area contributed by atoms with Gasteiger partial charge in [-0.15, -0.1) is 0 Å². The van der Waals surface area contributed by atoms with Crippen molar-refractivity contribution in [3.8, 4) is 0 Å². The van der Waals surface area contributed by atoms with Gasteiger partial charge in [0.05, 0.1) is 5.69 Å². The van der Waals surface area contributed by atoms with Gasteiger partial charge in [0.15, 0.2) is 0 Å². The number of nitrogens with one attached hydrogen (secondary N) is 2. The average Bonchev–Trinajstić information content (AvgIpc) is 2.21. The Labute approximate surface area is 89.3 Å². The van der Waals surface area contributed by atoms with Crippen LogP contribution in [0.15, 0.2) is 12.4 Å². The first-order valence-electron chi connectivity index (χ1n) is 5.02. The summed E-state index contributed by atoms with van der Waals surface area (Å²) < 4.78 is 0. The second-order valence-electron chi connectivity index (χ2n) is 3.12. The van der Waals surface area contributed by atoms with Crippen LogP contribution in [0.4, 0.5) is 5.82 Å². The topological polar surface area (TPSA) is 66.9 Å². The van der Waals surface area contributed by atoms with Gasteiger partial charge in [0.25, 0.3) is 0 Å². The second-order valence-corrected chi connectivity index (χ2v) is 3.12. The molecule has 0 spiro atoms. The van der Waals surface area contributed by atoms with Gasteiger partial charge in [-0.3, -0.25) is 9.78 Å². The van der Waals surface area contributed by atoms with Crippen LogP contribution in [0.5, 0.6) is 0 Å². The fraction of sp³-hybridized carbons (Fsp3) is 0.500. The van der Waals surface area contributed by atoms with Crippen LogP contribution in [0.3, 0.4) is 0 Å². The Bertz CT molecular complexity index is 327. The average molecular weight is 208 g/mol. The second kappa shape index (κ2) is 5.95. The van der Waals surface area contributed by atoms with Crippen molar-refractivity contribution < 1.29 is 4.79 Å². The summed E-state index contributed by atoms with van der Waals surface area (Å²) in [6.07, 6.45) is 3.72. The molecule has 1 aromatic rings. The van der Waals surface area contributed by atoms with E-state index in [0.717, 1.165) is 11.5 Å². The van der Waals surface area contributed by atoms with Crippen LogP contribution >= 0.6 is 0 Å². The lowest BCUT2D eigenvalue weighted by Crippen LogP contribution is -2.25. The highest BCUT2D eigenvalue weighted by Crippen LogP contribution is 2.05. The molecule has 0 saturated carbocycles. The molecule has 1 amide bonds. The summed E-state index contributed by atoms with van der Waals surface area (Å²) >= 11 is 0. The normalized spacial score (nSPS) is 9.73. The number of aromatic nitrogens is 2. The summed E-state index contributed by atoms with van der Waals surface area (Å²) in [5, 5.41) is 5.80. The minimum absolute atomic E-state index is 0.0477. The molecule has 0 aliphatic heterocycles. The molecule has 82 valence electrons. The fourth-order valence-electron chi connectivity index (χ4n) is 1.16. The van der Waals surface area contributed by atoms with E-state index >= 15 is 0 Å². The number of carbonyl (C=O) groups is 1. The maximum absolute atomic E-state index is 11.1. The van der Waals surface area contributed by atoms with Crippen molar-refractivity contribution in [2.75, 3.05) is 18.4 Å². The number of anilines is 1. The SMILES string of the molecule is CCNC(=O)CCNc1nccnc1C. The molecule has 0 radical (unpaired) electrons. The van der Waals surface area contributed by atoms with Gasteiger partial charge in [-0.1, -0.05) is 0 Å². The molecule has 2 N–H and O–H groups in total. The highest BCUT2D eigenvalue weighted by Gasteiger charge is 2.01. The van der Waals surface area contributed by atoms with E-state index < -0.39 is 0 Å². The Morgan fingerprint density at radius 1 is 1.40 bits per heavy atom. The lowest BCUT2D eigenvalue weighted by molar-refractivity contribution is -0.120. The van der Waals surface area contributed by atoms with E-state index in [2.05, 4.69) is 20.6 Å². The van der Waals surface area contributed by atoms with Gasteiger partial charge in [0, 0.05) is 31.9 Å². The van der Waals surface area contributed by atoms with Gasteiger partial charge in [0.1, 0.15) is 5.82 Å². The molecule has 1 aromatic heterocycles. The summed E-state index contributed by atoms with van der Waals surface area (Å²) in [7, 11) is 0. The first kappa shape index (κ1) is 11.4. The molecule has 0 aliphatic carbocycles. The van der Waals surface area contributed by atoms with Crippen molar-refractivity contribution in [1.82, 2.24) is 15.3 Å². The maximum atomic E-state index is 11.1. The third-order valence-corrected chi connectivity index (χ3v) is 1.90. The lowest BCUT2D eigenvalue weighted by atomic mass is 10.3. The van der Waals surface area contributed by atoms with Crippen molar-refractivity contribution >= 4 is 11.7 Å². The molecule has 0 aliphatic rings. The smallest absolute Gasteiger partial charge is 0.221 e. The van der Waals surface area contributed by atoms with Crippen LogP contribution in [-0.2, 0) is 4.79 Å². The molecule has 5 heteroatoms. The molecule has 5 nitrogen and oxygen atoms in total. The van der Waals surface area contributed by atoms with Gasteiger partial charge >= 0.3 is 0 Å². The van der Waals surface area contributed by atoms with Crippen molar-refractivity contribution in [1.29, 1.82) is 0 Å². The van der Waals surface area contributed by atoms with E-state index in [9.17, 15) is 4.79 Å². The van der Waals surface area contributed by atoms with Gasteiger partial charge in [-0.05, 0) is 13.8 Å². The van der Waals surface area contributed by atoms with Crippen molar-refractivity contribution in [3.63, 3.8) is 0 Å². The summed E-state index contributed by atoms with van der Waals surface area (Å²) in [4.78, 5) is 19.3. The molecular formula is C10H16N4O. The minimum Gasteiger partial charge on any atom is -0.368 e. The number of hydrogen-bond donors (Lipinski definition) is 2. The lowest BCUT2D eigenvalue weighted by Gasteiger charge is -2.06.